The van der Waals surface area contributed by atoms with Crippen LogP contribution in [0.3, 0.4) is 0 Å². The third-order valence-corrected chi connectivity index (χ3v) is 5.27. The first-order valence-corrected chi connectivity index (χ1v) is 8.42. The minimum atomic E-state index is -0.0233. The normalized spacial score (nSPS) is 28.1. The van der Waals surface area contributed by atoms with E-state index in [-0.39, 0.29) is 22.8 Å². The van der Waals surface area contributed by atoms with Gasteiger partial charge in [0.15, 0.2) is 0 Å². The lowest BCUT2D eigenvalue weighted by molar-refractivity contribution is -0.123. The Morgan fingerprint density at radius 1 is 1.32 bits per heavy atom. The predicted molar refractivity (Wildman–Crippen MR) is 89.7 cm³/mol. The third-order valence-electron chi connectivity index (χ3n) is 5.27. The minimum Gasteiger partial charge on any atom is -0.379 e. The molecule has 126 valence electrons. The number of ether oxygens (including phenoxy) is 1. The molecule has 4 nitrogen and oxygen atoms in total. The molecule has 4 heteroatoms. The highest BCUT2D eigenvalue weighted by Crippen LogP contribution is 2.59. The van der Waals surface area contributed by atoms with Gasteiger partial charge in [0.25, 0.3) is 0 Å². The van der Waals surface area contributed by atoms with Gasteiger partial charge < -0.3 is 10.1 Å². The first-order chi connectivity index (χ1) is 10.2. The lowest BCUT2D eigenvalue weighted by Crippen LogP contribution is -2.55. The number of amides is 1. The van der Waals surface area contributed by atoms with E-state index in [0.29, 0.717) is 12.5 Å². The van der Waals surface area contributed by atoms with E-state index in [9.17, 15) is 4.79 Å². The van der Waals surface area contributed by atoms with Gasteiger partial charge in [-0.1, -0.05) is 25.5 Å². The van der Waals surface area contributed by atoms with Gasteiger partial charge in [-0.2, -0.15) is 0 Å². The van der Waals surface area contributed by atoms with Crippen molar-refractivity contribution in [1.82, 2.24) is 10.2 Å². The molecule has 1 aliphatic carbocycles. The van der Waals surface area contributed by atoms with Crippen LogP contribution in [0.1, 0.15) is 41.5 Å². The maximum Gasteiger partial charge on any atom is 0.224 e. The van der Waals surface area contributed by atoms with Gasteiger partial charge in [-0.25, -0.2) is 0 Å². The molecular weight excluding hydrogens is 276 g/mol. The second kappa shape index (κ2) is 6.32. The molecule has 0 unspecified atom stereocenters. The van der Waals surface area contributed by atoms with Crippen LogP contribution in [-0.2, 0) is 9.53 Å². The van der Waals surface area contributed by atoms with E-state index in [1.807, 2.05) is 0 Å². The van der Waals surface area contributed by atoms with Gasteiger partial charge in [-0.15, -0.1) is 0 Å². The number of nitrogens with zero attached hydrogens (tertiary/aromatic N) is 1. The van der Waals surface area contributed by atoms with Gasteiger partial charge in [-0.05, 0) is 39.0 Å². The van der Waals surface area contributed by atoms with E-state index in [1.54, 1.807) is 0 Å². The Kier molecular flexibility index (Phi) is 5.03. The average Bonchev–Trinajstić information content (AvgIpc) is 2.97. The Balaban J connectivity index is 1.89. The summed E-state index contributed by atoms with van der Waals surface area (Å²) in [6, 6.07) is 0. The molecular formula is C18H32N2O2. The summed E-state index contributed by atoms with van der Waals surface area (Å²) in [5, 5.41) is 3.19. The summed E-state index contributed by atoms with van der Waals surface area (Å²) < 4.78 is 5.41. The number of hydrogen-bond donors (Lipinski definition) is 1. The molecule has 0 aromatic rings. The van der Waals surface area contributed by atoms with Crippen molar-refractivity contribution in [3.8, 4) is 0 Å². The Labute approximate surface area is 135 Å². The highest BCUT2D eigenvalue weighted by atomic mass is 16.5. The monoisotopic (exact) mass is 308 g/mol. The molecule has 1 N–H and O–H groups in total. The Morgan fingerprint density at radius 2 is 1.91 bits per heavy atom. The molecule has 2 fully saturated rings. The Hall–Kier alpha value is -0.870. The standard InChI is InChI=1S/C18H32N2O2/c1-13(2)11-14-15(18(14,5)6)16(21)19-12-17(3,4)20-7-9-22-10-8-20/h11,14-15H,7-10,12H2,1-6H3,(H,19,21)/t14-,15+/m1/s1. The number of rotatable bonds is 5. The van der Waals surface area contributed by atoms with Crippen LogP contribution in [0.2, 0.25) is 0 Å². The van der Waals surface area contributed by atoms with E-state index >= 15 is 0 Å². The van der Waals surface area contributed by atoms with Crippen LogP contribution in [-0.4, -0.2) is 49.2 Å². The zero-order valence-electron chi connectivity index (χ0n) is 15.0. The molecule has 1 heterocycles. The summed E-state index contributed by atoms with van der Waals surface area (Å²) >= 11 is 0. The van der Waals surface area contributed by atoms with Crippen LogP contribution in [0.4, 0.5) is 0 Å². The van der Waals surface area contributed by atoms with Crippen LogP contribution in [0.15, 0.2) is 11.6 Å². The molecule has 1 amide bonds. The highest BCUT2D eigenvalue weighted by Gasteiger charge is 2.60. The summed E-state index contributed by atoms with van der Waals surface area (Å²) in [4.78, 5) is 15.0. The van der Waals surface area contributed by atoms with Crippen LogP contribution < -0.4 is 5.32 Å². The van der Waals surface area contributed by atoms with E-state index < -0.39 is 0 Å². The molecule has 0 radical (unpaired) electrons. The maximum absolute atomic E-state index is 12.6. The Bertz CT molecular complexity index is 444. The number of carbonyl (C=O) groups is 1. The van der Waals surface area contributed by atoms with Gasteiger partial charge in [-0.3, -0.25) is 9.69 Å². The average molecular weight is 308 g/mol. The first kappa shape index (κ1) is 17.5. The predicted octanol–water partition coefficient (Wildman–Crippen LogP) is 2.45. The lowest BCUT2D eigenvalue weighted by atomic mass is 10.0. The van der Waals surface area contributed by atoms with Crippen molar-refractivity contribution in [1.29, 1.82) is 0 Å². The zero-order valence-corrected chi connectivity index (χ0v) is 15.0. The van der Waals surface area contributed by atoms with Crippen molar-refractivity contribution in [2.24, 2.45) is 17.3 Å². The fraction of sp³-hybridized carbons (Fsp3) is 0.833. The topological polar surface area (TPSA) is 41.6 Å². The summed E-state index contributed by atoms with van der Waals surface area (Å²) in [7, 11) is 0. The quantitative estimate of drug-likeness (QED) is 0.793. The smallest absolute Gasteiger partial charge is 0.224 e. The van der Waals surface area contributed by atoms with E-state index in [2.05, 4.69) is 57.8 Å². The molecule has 2 aliphatic rings. The van der Waals surface area contributed by atoms with Crippen molar-refractivity contribution in [3.63, 3.8) is 0 Å². The number of morpholine rings is 1. The van der Waals surface area contributed by atoms with Gasteiger partial charge in [0.1, 0.15) is 0 Å². The molecule has 1 saturated carbocycles. The van der Waals surface area contributed by atoms with E-state index in [1.165, 1.54) is 5.57 Å². The molecule has 0 aromatic carbocycles. The molecule has 0 bridgehead atoms. The van der Waals surface area contributed by atoms with Crippen LogP contribution >= 0.6 is 0 Å². The third kappa shape index (κ3) is 3.72. The summed E-state index contributed by atoms with van der Waals surface area (Å²) in [6.07, 6.45) is 2.25. The zero-order chi connectivity index (χ0) is 16.5. The van der Waals surface area contributed by atoms with Gasteiger partial charge in [0, 0.05) is 25.2 Å². The molecule has 22 heavy (non-hydrogen) atoms. The summed E-state index contributed by atoms with van der Waals surface area (Å²) in [5.41, 5.74) is 1.36. The molecule has 2 rings (SSSR count). The van der Waals surface area contributed by atoms with E-state index in [0.717, 1.165) is 26.3 Å². The summed E-state index contributed by atoms with van der Waals surface area (Å²) in [5.74, 6) is 0.695. The van der Waals surface area contributed by atoms with Crippen LogP contribution in [0, 0.1) is 17.3 Å². The maximum atomic E-state index is 12.6. The summed E-state index contributed by atoms with van der Waals surface area (Å²) in [6.45, 7) is 17.1. The van der Waals surface area contributed by atoms with Crippen molar-refractivity contribution in [3.05, 3.63) is 11.6 Å². The molecule has 0 aromatic heterocycles. The first-order valence-electron chi connectivity index (χ1n) is 8.42. The van der Waals surface area contributed by atoms with Crippen molar-refractivity contribution < 1.29 is 9.53 Å². The minimum absolute atomic E-state index is 0.0233. The van der Waals surface area contributed by atoms with E-state index in [4.69, 9.17) is 4.74 Å². The van der Waals surface area contributed by atoms with Crippen molar-refractivity contribution >= 4 is 5.91 Å². The highest BCUT2D eigenvalue weighted by molar-refractivity contribution is 5.83. The number of nitrogens with one attached hydrogen (secondary N) is 1. The fourth-order valence-corrected chi connectivity index (χ4v) is 3.54. The number of hydrogen-bond acceptors (Lipinski definition) is 3. The largest absolute Gasteiger partial charge is 0.379 e. The Morgan fingerprint density at radius 3 is 2.45 bits per heavy atom. The van der Waals surface area contributed by atoms with Crippen LogP contribution in [0.25, 0.3) is 0 Å². The number of carbonyl (C=O) groups excluding carboxylic acids is 1. The molecule has 2 atom stereocenters. The van der Waals surface area contributed by atoms with Crippen molar-refractivity contribution in [2.75, 3.05) is 32.8 Å². The van der Waals surface area contributed by atoms with Gasteiger partial charge >= 0.3 is 0 Å². The van der Waals surface area contributed by atoms with Crippen molar-refractivity contribution in [2.45, 2.75) is 47.1 Å². The van der Waals surface area contributed by atoms with Gasteiger partial charge in [0.2, 0.25) is 5.91 Å². The number of allylic oxidation sites excluding steroid dienone is 2. The molecule has 0 spiro atoms. The SMILES string of the molecule is CC(C)=C[C@@H]1[C@@H](C(=O)NCC(C)(C)N2CCOCC2)C1(C)C. The molecule has 1 aliphatic heterocycles. The second-order valence-corrected chi connectivity index (χ2v) is 8.20. The second-order valence-electron chi connectivity index (χ2n) is 8.20. The fourth-order valence-electron chi connectivity index (χ4n) is 3.54. The van der Waals surface area contributed by atoms with Crippen LogP contribution in [0.5, 0.6) is 0 Å². The molecule has 1 saturated heterocycles. The lowest BCUT2D eigenvalue weighted by Gasteiger charge is -2.40. The van der Waals surface area contributed by atoms with Gasteiger partial charge in [0.05, 0.1) is 19.1 Å².